The molecule has 0 saturated heterocycles. The summed E-state index contributed by atoms with van der Waals surface area (Å²) in [5.41, 5.74) is -0.649. The highest BCUT2D eigenvalue weighted by atomic mass is 19.4. The predicted molar refractivity (Wildman–Crippen MR) is 77.2 cm³/mol. The van der Waals surface area contributed by atoms with Gasteiger partial charge in [0.15, 0.2) is 0 Å². The second kappa shape index (κ2) is 7.12. The van der Waals surface area contributed by atoms with E-state index in [0.29, 0.717) is 12.8 Å². The molecule has 1 N–H and O–H groups in total. The van der Waals surface area contributed by atoms with Crippen molar-refractivity contribution < 1.29 is 18.1 Å². The van der Waals surface area contributed by atoms with Gasteiger partial charge in [-0.1, -0.05) is 12.8 Å². The van der Waals surface area contributed by atoms with Crippen LogP contribution in [0.25, 0.3) is 0 Å². The van der Waals surface area contributed by atoms with Crippen molar-refractivity contribution in [2.45, 2.75) is 44.4 Å². The van der Waals surface area contributed by atoms with Crippen LogP contribution in [-0.4, -0.2) is 28.3 Å². The summed E-state index contributed by atoms with van der Waals surface area (Å²) in [4.78, 5) is 21.7. The smallest absolute Gasteiger partial charge is 0.312 e. The van der Waals surface area contributed by atoms with Crippen LogP contribution in [0.1, 0.15) is 25.7 Å². The number of hydrogen-bond acceptors (Lipinski definition) is 4. The van der Waals surface area contributed by atoms with Crippen LogP contribution in [0.4, 0.5) is 18.9 Å². The normalized spacial score (nSPS) is 22.0. The van der Waals surface area contributed by atoms with Gasteiger partial charge in [-0.2, -0.15) is 13.2 Å². The molecule has 2 atom stereocenters. The number of rotatable bonds is 5. The van der Waals surface area contributed by atoms with Gasteiger partial charge in [0.1, 0.15) is 0 Å². The summed E-state index contributed by atoms with van der Waals surface area (Å²) in [5.74, 6) is -1.38. The Morgan fingerprint density at radius 2 is 2.00 bits per heavy atom. The number of halogens is 3. The van der Waals surface area contributed by atoms with E-state index in [0.717, 1.165) is 29.3 Å². The second-order valence-corrected chi connectivity index (χ2v) is 5.67. The van der Waals surface area contributed by atoms with Crippen molar-refractivity contribution in [2.24, 2.45) is 5.92 Å². The van der Waals surface area contributed by atoms with E-state index in [1.165, 1.54) is 0 Å². The predicted octanol–water partition coefficient (Wildman–Crippen LogP) is 2.47. The SMILES string of the molecule is O=c1ccc([N+](=O)[O-])cn1CCNC1CCCCC1C(F)(F)F. The van der Waals surface area contributed by atoms with Crippen LogP contribution >= 0.6 is 0 Å². The molecule has 0 radical (unpaired) electrons. The Balaban J connectivity index is 1.97. The molecule has 1 saturated carbocycles. The quantitative estimate of drug-likeness (QED) is 0.663. The number of pyridine rings is 1. The van der Waals surface area contributed by atoms with E-state index in [1.54, 1.807) is 0 Å². The van der Waals surface area contributed by atoms with Crippen molar-refractivity contribution in [1.29, 1.82) is 0 Å². The first-order valence-corrected chi connectivity index (χ1v) is 7.44. The Labute approximate surface area is 130 Å². The average Bonchev–Trinajstić information content (AvgIpc) is 2.48. The van der Waals surface area contributed by atoms with Crippen LogP contribution in [0, 0.1) is 16.0 Å². The molecule has 0 amide bonds. The monoisotopic (exact) mass is 333 g/mol. The number of nitrogens with zero attached hydrogens (tertiary/aromatic N) is 2. The lowest BCUT2D eigenvalue weighted by Crippen LogP contribution is -2.46. The maximum Gasteiger partial charge on any atom is 0.393 e. The van der Waals surface area contributed by atoms with Crippen molar-refractivity contribution in [2.75, 3.05) is 6.54 Å². The molecule has 0 aromatic carbocycles. The molecule has 1 fully saturated rings. The van der Waals surface area contributed by atoms with Crippen LogP contribution in [0.2, 0.25) is 0 Å². The van der Waals surface area contributed by atoms with E-state index in [4.69, 9.17) is 0 Å². The summed E-state index contributed by atoms with van der Waals surface area (Å²) < 4.78 is 40.1. The highest BCUT2D eigenvalue weighted by Crippen LogP contribution is 2.37. The summed E-state index contributed by atoms with van der Waals surface area (Å²) in [6.45, 7) is 0.236. The third-order valence-electron chi connectivity index (χ3n) is 4.12. The molecule has 1 aromatic heterocycles. The fourth-order valence-electron chi connectivity index (χ4n) is 2.94. The summed E-state index contributed by atoms with van der Waals surface area (Å²) in [6, 6.07) is 1.52. The van der Waals surface area contributed by atoms with Crippen LogP contribution < -0.4 is 10.9 Å². The first kappa shape index (κ1) is 17.5. The van der Waals surface area contributed by atoms with Crippen molar-refractivity contribution in [3.8, 4) is 0 Å². The van der Waals surface area contributed by atoms with Gasteiger partial charge in [0.05, 0.1) is 17.0 Å². The third kappa shape index (κ3) is 4.54. The van der Waals surface area contributed by atoms with Crippen molar-refractivity contribution in [3.63, 3.8) is 0 Å². The molecule has 6 nitrogen and oxygen atoms in total. The second-order valence-electron chi connectivity index (χ2n) is 5.67. The molecule has 2 rings (SSSR count). The Morgan fingerprint density at radius 1 is 1.30 bits per heavy atom. The minimum atomic E-state index is -4.24. The molecule has 2 unspecified atom stereocenters. The van der Waals surface area contributed by atoms with Gasteiger partial charge in [-0.15, -0.1) is 0 Å². The average molecular weight is 333 g/mol. The van der Waals surface area contributed by atoms with E-state index in [9.17, 15) is 28.1 Å². The molecule has 128 valence electrons. The summed E-state index contributed by atoms with van der Waals surface area (Å²) in [6.07, 6.45) is -1.29. The van der Waals surface area contributed by atoms with Crippen molar-refractivity contribution >= 4 is 5.69 Å². The lowest BCUT2D eigenvalue weighted by Gasteiger charge is -2.33. The molecule has 0 aliphatic heterocycles. The Hall–Kier alpha value is -1.90. The minimum absolute atomic E-state index is 0.0849. The number of alkyl halides is 3. The lowest BCUT2D eigenvalue weighted by atomic mass is 9.84. The fraction of sp³-hybridized carbons (Fsp3) is 0.643. The standard InChI is InChI=1S/C14H18F3N3O3/c15-14(16,17)11-3-1-2-4-12(11)18-7-8-19-9-10(20(22)23)5-6-13(19)21/h5-6,9,11-12,18H,1-4,7-8H2. The lowest BCUT2D eigenvalue weighted by molar-refractivity contribution is -0.385. The van der Waals surface area contributed by atoms with Gasteiger partial charge in [-0.05, 0) is 12.8 Å². The Kier molecular flexibility index (Phi) is 5.40. The van der Waals surface area contributed by atoms with Gasteiger partial charge in [0.25, 0.3) is 11.2 Å². The molecular formula is C14H18F3N3O3. The maximum atomic E-state index is 13.0. The molecule has 1 aliphatic rings. The van der Waals surface area contributed by atoms with E-state index in [1.807, 2.05) is 0 Å². The summed E-state index contributed by atoms with van der Waals surface area (Å²) in [5, 5.41) is 13.5. The van der Waals surface area contributed by atoms with Crippen LogP contribution in [0.3, 0.4) is 0 Å². The molecule has 9 heteroatoms. The van der Waals surface area contributed by atoms with Gasteiger partial charge >= 0.3 is 6.18 Å². The van der Waals surface area contributed by atoms with Crippen LogP contribution in [-0.2, 0) is 6.54 Å². The van der Waals surface area contributed by atoms with E-state index < -0.39 is 28.6 Å². The zero-order valence-corrected chi connectivity index (χ0v) is 12.4. The van der Waals surface area contributed by atoms with E-state index in [-0.39, 0.29) is 25.2 Å². The third-order valence-corrected chi connectivity index (χ3v) is 4.12. The fourth-order valence-corrected chi connectivity index (χ4v) is 2.94. The summed E-state index contributed by atoms with van der Waals surface area (Å²) >= 11 is 0. The largest absolute Gasteiger partial charge is 0.393 e. The molecule has 23 heavy (non-hydrogen) atoms. The zero-order valence-electron chi connectivity index (χ0n) is 12.4. The number of nitrogens with one attached hydrogen (secondary N) is 1. The molecular weight excluding hydrogens is 315 g/mol. The molecule has 0 bridgehead atoms. The van der Waals surface area contributed by atoms with Crippen molar-refractivity contribution in [3.05, 3.63) is 38.8 Å². The van der Waals surface area contributed by atoms with Crippen LogP contribution in [0.15, 0.2) is 23.1 Å². The van der Waals surface area contributed by atoms with Gasteiger partial charge in [-0.25, -0.2) is 0 Å². The highest BCUT2D eigenvalue weighted by Gasteiger charge is 2.45. The topological polar surface area (TPSA) is 77.2 Å². The number of nitro groups is 1. The van der Waals surface area contributed by atoms with Crippen molar-refractivity contribution in [1.82, 2.24) is 9.88 Å². The minimum Gasteiger partial charge on any atom is -0.312 e. The zero-order chi connectivity index (χ0) is 17.0. The maximum absolute atomic E-state index is 13.0. The summed E-state index contributed by atoms with van der Waals surface area (Å²) in [7, 11) is 0. The first-order valence-electron chi connectivity index (χ1n) is 7.44. The molecule has 0 spiro atoms. The molecule has 1 heterocycles. The van der Waals surface area contributed by atoms with Gasteiger partial charge in [0, 0.05) is 31.3 Å². The van der Waals surface area contributed by atoms with Gasteiger partial charge in [-0.3, -0.25) is 14.9 Å². The Bertz CT molecular complexity index is 615. The van der Waals surface area contributed by atoms with E-state index >= 15 is 0 Å². The molecule has 1 aliphatic carbocycles. The number of aromatic nitrogens is 1. The highest BCUT2D eigenvalue weighted by molar-refractivity contribution is 5.24. The number of hydrogen-bond donors (Lipinski definition) is 1. The van der Waals surface area contributed by atoms with Gasteiger partial charge in [0.2, 0.25) is 0 Å². The molecule has 1 aromatic rings. The first-order chi connectivity index (χ1) is 10.8. The van der Waals surface area contributed by atoms with Gasteiger partial charge < -0.3 is 9.88 Å². The Morgan fingerprint density at radius 3 is 2.65 bits per heavy atom. The van der Waals surface area contributed by atoms with E-state index in [2.05, 4.69) is 5.32 Å². The van der Waals surface area contributed by atoms with Crippen LogP contribution in [0.5, 0.6) is 0 Å².